The van der Waals surface area contributed by atoms with Crippen molar-refractivity contribution in [1.29, 1.82) is 0 Å². The Hall–Kier alpha value is -2.78. The first-order valence-corrected chi connectivity index (χ1v) is 14.2. The van der Waals surface area contributed by atoms with Crippen LogP contribution in [0.3, 0.4) is 0 Å². The highest BCUT2D eigenvalue weighted by Crippen LogP contribution is 2.41. The number of rotatable bonds is 11. The third kappa shape index (κ3) is 6.61. The summed E-state index contributed by atoms with van der Waals surface area (Å²) in [5, 5.41) is 8.63. The van der Waals surface area contributed by atoms with Crippen LogP contribution in [0.2, 0.25) is 5.02 Å². The molecule has 4 aromatic rings. The van der Waals surface area contributed by atoms with Crippen LogP contribution in [-0.4, -0.2) is 48.6 Å². The molecule has 6 nitrogen and oxygen atoms in total. The quantitative estimate of drug-likeness (QED) is 0.208. The summed E-state index contributed by atoms with van der Waals surface area (Å²) in [5.41, 5.74) is 2.95. The van der Waals surface area contributed by atoms with Gasteiger partial charge in [-0.25, -0.2) is 14.4 Å². The fraction of sp³-hybridized carbons (Fsp3) is 0.379. The first-order chi connectivity index (χ1) is 18.5. The summed E-state index contributed by atoms with van der Waals surface area (Å²) in [4.78, 5) is 13.8. The third-order valence-corrected chi connectivity index (χ3v) is 8.35. The van der Waals surface area contributed by atoms with Gasteiger partial charge in [0.25, 0.3) is 0 Å². The van der Waals surface area contributed by atoms with Crippen LogP contribution in [0, 0.1) is 11.7 Å². The molecule has 5 rings (SSSR count). The van der Waals surface area contributed by atoms with Crippen LogP contribution >= 0.6 is 22.9 Å². The molecule has 0 amide bonds. The lowest BCUT2D eigenvalue weighted by Crippen LogP contribution is -2.28. The Bertz CT molecular complexity index is 1390. The summed E-state index contributed by atoms with van der Waals surface area (Å²) in [5.74, 6) is 1.77. The smallest absolute Gasteiger partial charge is 0.142 e. The van der Waals surface area contributed by atoms with Gasteiger partial charge in [0.2, 0.25) is 0 Å². The summed E-state index contributed by atoms with van der Waals surface area (Å²) >= 11 is 8.32. The molecule has 0 saturated carbocycles. The Morgan fingerprint density at radius 1 is 1.16 bits per heavy atom. The number of hydrogen-bond donors (Lipinski definition) is 2. The molecule has 0 saturated heterocycles. The van der Waals surface area contributed by atoms with E-state index in [-0.39, 0.29) is 12.4 Å². The molecule has 2 N–H and O–H groups in total. The zero-order valence-corrected chi connectivity index (χ0v) is 23.3. The SMILES string of the molecule is CN(C)CCNCCC1CCc2c(sc3ncnc(Nc4ccc(OCc5cccc(F)c5)c(Cl)c4)c23)C1. The maximum atomic E-state index is 13.4. The number of likely N-dealkylation sites (N-methyl/N-ethyl adjacent to an activating group) is 1. The summed E-state index contributed by atoms with van der Waals surface area (Å²) in [6.07, 6.45) is 6.16. The van der Waals surface area contributed by atoms with E-state index in [1.54, 1.807) is 23.7 Å². The predicted molar refractivity (Wildman–Crippen MR) is 154 cm³/mol. The van der Waals surface area contributed by atoms with Crippen molar-refractivity contribution in [3.63, 3.8) is 0 Å². The molecule has 2 aromatic heterocycles. The van der Waals surface area contributed by atoms with Gasteiger partial charge in [-0.15, -0.1) is 11.3 Å². The van der Waals surface area contributed by atoms with Gasteiger partial charge in [-0.1, -0.05) is 23.7 Å². The first-order valence-electron chi connectivity index (χ1n) is 13.0. The van der Waals surface area contributed by atoms with Crippen molar-refractivity contribution < 1.29 is 9.13 Å². The molecule has 0 fully saturated rings. The van der Waals surface area contributed by atoms with E-state index in [0.717, 1.165) is 59.8 Å². The van der Waals surface area contributed by atoms with Gasteiger partial charge in [-0.2, -0.15) is 0 Å². The average molecular weight is 554 g/mol. The van der Waals surface area contributed by atoms with Crippen molar-refractivity contribution in [2.45, 2.75) is 32.3 Å². The number of aryl methyl sites for hydroxylation is 1. The molecule has 1 unspecified atom stereocenters. The molecular weight excluding hydrogens is 521 g/mol. The molecule has 1 atom stereocenters. The lowest BCUT2D eigenvalue weighted by molar-refractivity contribution is 0.306. The van der Waals surface area contributed by atoms with E-state index in [0.29, 0.717) is 16.7 Å². The fourth-order valence-electron chi connectivity index (χ4n) is 4.87. The molecule has 2 heterocycles. The largest absolute Gasteiger partial charge is 0.487 e. The summed E-state index contributed by atoms with van der Waals surface area (Å²) in [7, 11) is 4.21. The highest BCUT2D eigenvalue weighted by molar-refractivity contribution is 7.19. The van der Waals surface area contributed by atoms with Crippen molar-refractivity contribution in [3.05, 3.63) is 75.6 Å². The zero-order chi connectivity index (χ0) is 26.5. The monoisotopic (exact) mass is 553 g/mol. The van der Waals surface area contributed by atoms with Gasteiger partial charge in [-0.05, 0) is 93.7 Å². The first kappa shape index (κ1) is 26.8. The standard InChI is InChI=1S/C29H33ClFN5OS/c1-36(2)13-12-32-11-10-19-6-8-23-26(15-19)38-29-27(23)28(33-18-34-29)35-22-7-9-25(24(30)16-22)37-17-20-4-3-5-21(31)14-20/h3-5,7,9,14,16,18-19,32H,6,8,10-13,15,17H2,1-2H3,(H,33,34,35). The maximum absolute atomic E-state index is 13.4. The van der Waals surface area contributed by atoms with Crippen molar-refractivity contribution in [2.24, 2.45) is 5.92 Å². The molecule has 1 aliphatic carbocycles. The number of anilines is 2. The van der Waals surface area contributed by atoms with E-state index in [9.17, 15) is 4.39 Å². The summed E-state index contributed by atoms with van der Waals surface area (Å²) in [6.45, 7) is 3.40. The number of nitrogens with zero attached hydrogens (tertiary/aromatic N) is 3. The zero-order valence-electron chi connectivity index (χ0n) is 21.8. The van der Waals surface area contributed by atoms with Gasteiger partial charge in [0.15, 0.2) is 0 Å². The van der Waals surface area contributed by atoms with Crippen LogP contribution in [0.15, 0.2) is 48.8 Å². The normalized spacial score (nSPS) is 15.1. The van der Waals surface area contributed by atoms with Crippen LogP contribution in [0.4, 0.5) is 15.9 Å². The molecule has 2 aromatic carbocycles. The molecule has 0 bridgehead atoms. The molecular formula is C29H33ClFN5OS. The molecule has 0 radical (unpaired) electrons. The van der Waals surface area contributed by atoms with Crippen LogP contribution in [0.5, 0.6) is 5.75 Å². The van der Waals surface area contributed by atoms with Crippen LogP contribution < -0.4 is 15.4 Å². The van der Waals surface area contributed by atoms with Crippen molar-refractivity contribution in [2.75, 3.05) is 39.0 Å². The van der Waals surface area contributed by atoms with Crippen LogP contribution in [0.25, 0.3) is 10.2 Å². The number of benzene rings is 2. The van der Waals surface area contributed by atoms with Gasteiger partial charge < -0.3 is 20.3 Å². The summed E-state index contributed by atoms with van der Waals surface area (Å²) in [6, 6.07) is 11.9. The van der Waals surface area contributed by atoms with E-state index in [1.165, 1.54) is 35.4 Å². The fourth-order valence-corrected chi connectivity index (χ4v) is 6.41. The molecule has 9 heteroatoms. The number of ether oxygens (including phenoxy) is 1. The molecule has 200 valence electrons. The van der Waals surface area contributed by atoms with Gasteiger partial charge in [-0.3, -0.25) is 0 Å². The van der Waals surface area contributed by atoms with E-state index < -0.39 is 0 Å². The van der Waals surface area contributed by atoms with E-state index >= 15 is 0 Å². The average Bonchev–Trinajstić information content (AvgIpc) is 3.27. The second-order valence-electron chi connectivity index (χ2n) is 10.0. The minimum Gasteiger partial charge on any atom is -0.487 e. The number of thiophene rings is 1. The number of hydrogen-bond acceptors (Lipinski definition) is 7. The Morgan fingerprint density at radius 2 is 2.05 bits per heavy atom. The van der Waals surface area contributed by atoms with Crippen molar-refractivity contribution >= 4 is 44.7 Å². The molecule has 1 aliphatic rings. The Kier molecular flexibility index (Phi) is 8.74. The lowest BCUT2D eigenvalue weighted by atomic mass is 9.86. The van der Waals surface area contributed by atoms with Crippen molar-refractivity contribution in [1.82, 2.24) is 20.2 Å². The van der Waals surface area contributed by atoms with Crippen LogP contribution in [-0.2, 0) is 19.4 Å². The molecule has 0 aliphatic heterocycles. The highest BCUT2D eigenvalue weighted by Gasteiger charge is 2.25. The van der Waals surface area contributed by atoms with E-state index in [1.807, 2.05) is 24.3 Å². The minimum atomic E-state index is -0.285. The second-order valence-corrected chi connectivity index (χ2v) is 11.5. The molecule has 0 spiro atoms. The third-order valence-electron chi connectivity index (χ3n) is 6.89. The van der Waals surface area contributed by atoms with Gasteiger partial charge in [0.1, 0.15) is 35.1 Å². The molecule has 38 heavy (non-hydrogen) atoms. The maximum Gasteiger partial charge on any atom is 0.142 e. The highest BCUT2D eigenvalue weighted by atomic mass is 35.5. The number of halogens is 2. The Labute approximate surface area is 232 Å². The van der Waals surface area contributed by atoms with Gasteiger partial charge >= 0.3 is 0 Å². The number of aromatic nitrogens is 2. The van der Waals surface area contributed by atoms with Crippen LogP contribution in [0.1, 0.15) is 28.8 Å². The predicted octanol–water partition coefficient (Wildman–Crippen LogP) is 6.45. The van der Waals surface area contributed by atoms with Crippen molar-refractivity contribution in [3.8, 4) is 5.75 Å². The Morgan fingerprint density at radius 3 is 2.87 bits per heavy atom. The Balaban J connectivity index is 1.24. The topological polar surface area (TPSA) is 62.3 Å². The lowest BCUT2D eigenvalue weighted by Gasteiger charge is -2.22. The number of nitrogens with one attached hydrogen (secondary N) is 2. The van der Waals surface area contributed by atoms with Gasteiger partial charge in [0, 0.05) is 23.7 Å². The number of fused-ring (bicyclic) bond motifs is 3. The summed E-state index contributed by atoms with van der Waals surface area (Å²) < 4.78 is 19.3. The van der Waals surface area contributed by atoms with E-state index in [4.69, 9.17) is 16.3 Å². The minimum absolute atomic E-state index is 0.241. The van der Waals surface area contributed by atoms with E-state index in [2.05, 4.69) is 39.6 Å². The van der Waals surface area contributed by atoms with Gasteiger partial charge in [0.05, 0.1) is 10.4 Å². The second kappa shape index (κ2) is 12.4.